The molecule has 0 aliphatic carbocycles. The smallest absolute Gasteiger partial charge is 0.0158 e. The zero-order valence-electron chi connectivity index (χ0n) is 11.0. The third kappa shape index (κ3) is 4.22. The summed E-state index contributed by atoms with van der Waals surface area (Å²) in [7, 11) is 0. The lowest BCUT2D eigenvalue weighted by Gasteiger charge is -2.09. The first-order chi connectivity index (χ1) is 8.33. The molecule has 0 atom stereocenters. The van der Waals surface area contributed by atoms with Crippen LogP contribution in [0.5, 0.6) is 0 Å². The van der Waals surface area contributed by atoms with Crippen LogP contribution in [0.2, 0.25) is 0 Å². The van der Waals surface area contributed by atoms with Crippen LogP contribution in [-0.2, 0) is 6.42 Å². The fourth-order valence-electron chi connectivity index (χ4n) is 2.20. The Morgan fingerprint density at radius 3 is 2.41 bits per heavy atom. The summed E-state index contributed by atoms with van der Waals surface area (Å²) < 4.78 is 0. The molecule has 0 aliphatic rings. The molecule has 0 bridgehead atoms. The second-order valence-corrected chi connectivity index (χ2v) is 4.49. The van der Waals surface area contributed by atoms with Crippen molar-refractivity contribution in [2.24, 2.45) is 0 Å². The lowest BCUT2D eigenvalue weighted by Crippen LogP contribution is -1.92. The van der Waals surface area contributed by atoms with E-state index in [0.717, 1.165) is 6.42 Å². The lowest BCUT2D eigenvalue weighted by atomic mass is 9.96. The van der Waals surface area contributed by atoms with Crippen molar-refractivity contribution in [3.63, 3.8) is 0 Å². The molecule has 1 aromatic carbocycles. The summed E-state index contributed by atoms with van der Waals surface area (Å²) in [6, 6.07) is 6.43. The molecule has 0 amide bonds. The van der Waals surface area contributed by atoms with Crippen molar-refractivity contribution in [2.45, 2.75) is 45.4 Å². The maximum absolute atomic E-state index is 3.91. The molecule has 0 saturated heterocycles. The molecule has 1 rings (SSSR count). The van der Waals surface area contributed by atoms with Gasteiger partial charge < -0.3 is 0 Å². The monoisotopic (exact) mass is 228 g/mol. The predicted octanol–water partition coefficient (Wildman–Crippen LogP) is 5.49. The summed E-state index contributed by atoms with van der Waals surface area (Å²) in [6.07, 6.45) is 11.7. The van der Waals surface area contributed by atoms with Crippen LogP contribution in [0.15, 0.2) is 31.4 Å². The van der Waals surface area contributed by atoms with E-state index < -0.39 is 0 Å². The standard InChI is InChI=1S/C17H24/c1-4-7-8-9-10-12-16-14-11-13-15(5-2)17(16)6-3/h5-6,11,13-14H,2-4,7-10,12H2,1H3. The Kier molecular flexibility index (Phi) is 6.39. The highest BCUT2D eigenvalue weighted by Crippen LogP contribution is 2.20. The predicted molar refractivity (Wildman–Crippen MR) is 79.1 cm³/mol. The van der Waals surface area contributed by atoms with Crippen LogP contribution in [-0.4, -0.2) is 0 Å². The molecule has 0 heterocycles. The molecular formula is C17H24. The van der Waals surface area contributed by atoms with E-state index in [2.05, 4.69) is 38.3 Å². The Balaban J connectivity index is 2.58. The Morgan fingerprint density at radius 2 is 1.76 bits per heavy atom. The minimum Gasteiger partial charge on any atom is -0.0984 e. The van der Waals surface area contributed by atoms with Crippen molar-refractivity contribution in [2.75, 3.05) is 0 Å². The molecule has 0 aromatic heterocycles. The van der Waals surface area contributed by atoms with Crippen LogP contribution in [0.25, 0.3) is 12.2 Å². The molecule has 0 spiro atoms. The molecule has 0 unspecified atom stereocenters. The fraction of sp³-hybridized carbons (Fsp3) is 0.412. The molecule has 17 heavy (non-hydrogen) atoms. The first-order valence-corrected chi connectivity index (χ1v) is 6.70. The summed E-state index contributed by atoms with van der Waals surface area (Å²) in [4.78, 5) is 0. The van der Waals surface area contributed by atoms with Gasteiger partial charge in [0, 0.05) is 0 Å². The van der Waals surface area contributed by atoms with Gasteiger partial charge in [-0.25, -0.2) is 0 Å². The average Bonchev–Trinajstić information content (AvgIpc) is 2.38. The van der Waals surface area contributed by atoms with Gasteiger partial charge in [0.25, 0.3) is 0 Å². The quantitative estimate of drug-likeness (QED) is 0.516. The van der Waals surface area contributed by atoms with E-state index in [9.17, 15) is 0 Å². The zero-order valence-corrected chi connectivity index (χ0v) is 11.0. The number of hydrogen-bond donors (Lipinski definition) is 0. The molecular weight excluding hydrogens is 204 g/mol. The van der Waals surface area contributed by atoms with Gasteiger partial charge in [0.1, 0.15) is 0 Å². The van der Waals surface area contributed by atoms with Crippen LogP contribution in [0.4, 0.5) is 0 Å². The topological polar surface area (TPSA) is 0 Å². The van der Waals surface area contributed by atoms with Crippen molar-refractivity contribution in [1.29, 1.82) is 0 Å². The Labute approximate surface area is 106 Å². The Morgan fingerprint density at radius 1 is 1.00 bits per heavy atom. The minimum absolute atomic E-state index is 1.16. The normalized spacial score (nSPS) is 10.2. The van der Waals surface area contributed by atoms with Gasteiger partial charge in [-0.3, -0.25) is 0 Å². The SMILES string of the molecule is C=Cc1cccc(CCCCCCC)c1C=C. The summed E-state index contributed by atoms with van der Waals surface area (Å²) in [5, 5.41) is 0. The first-order valence-electron chi connectivity index (χ1n) is 6.70. The molecule has 0 fully saturated rings. The number of aryl methyl sites for hydroxylation is 1. The Bertz CT molecular complexity index is 360. The minimum atomic E-state index is 1.16. The maximum atomic E-state index is 3.91. The number of benzene rings is 1. The molecule has 0 heteroatoms. The lowest BCUT2D eigenvalue weighted by molar-refractivity contribution is 0.632. The van der Waals surface area contributed by atoms with E-state index in [1.165, 1.54) is 48.8 Å². The molecule has 0 aliphatic heterocycles. The Hall–Kier alpha value is -1.30. The van der Waals surface area contributed by atoms with E-state index in [-0.39, 0.29) is 0 Å². The number of hydrogen-bond acceptors (Lipinski definition) is 0. The number of unbranched alkanes of at least 4 members (excludes halogenated alkanes) is 4. The summed E-state index contributed by atoms with van der Waals surface area (Å²) in [5.74, 6) is 0. The molecule has 0 saturated carbocycles. The first kappa shape index (κ1) is 13.8. The van der Waals surface area contributed by atoms with Crippen molar-refractivity contribution in [3.05, 3.63) is 48.0 Å². The van der Waals surface area contributed by atoms with Gasteiger partial charge in [-0.2, -0.15) is 0 Å². The highest BCUT2D eigenvalue weighted by atomic mass is 14.1. The molecule has 0 N–H and O–H groups in total. The highest BCUT2D eigenvalue weighted by molar-refractivity contribution is 5.66. The van der Waals surface area contributed by atoms with E-state index >= 15 is 0 Å². The second kappa shape index (κ2) is 7.89. The van der Waals surface area contributed by atoms with E-state index in [0.29, 0.717) is 0 Å². The van der Waals surface area contributed by atoms with E-state index in [1.54, 1.807) is 0 Å². The summed E-state index contributed by atoms with van der Waals surface area (Å²) in [5.41, 5.74) is 3.87. The second-order valence-electron chi connectivity index (χ2n) is 4.49. The van der Waals surface area contributed by atoms with E-state index in [1.807, 2.05) is 12.2 Å². The maximum Gasteiger partial charge on any atom is -0.0158 e. The zero-order chi connectivity index (χ0) is 12.5. The van der Waals surface area contributed by atoms with Crippen molar-refractivity contribution in [1.82, 2.24) is 0 Å². The van der Waals surface area contributed by atoms with Gasteiger partial charge >= 0.3 is 0 Å². The van der Waals surface area contributed by atoms with E-state index in [4.69, 9.17) is 0 Å². The fourth-order valence-corrected chi connectivity index (χ4v) is 2.20. The number of rotatable bonds is 8. The molecule has 1 aromatic rings. The van der Waals surface area contributed by atoms with Crippen molar-refractivity contribution in [3.8, 4) is 0 Å². The summed E-state index contributed by atoms with van der Waals surface area (Å²) >= 11 is 0. The van der Waals surface area contributed by atoms with Gasteiger partial charge in [-0.15, -0.1) is 0 Å². The molecule has 0 nitrogen and oxygen atoms in total. The molecule has 92 valence electrons. The third-order valence-corrected chi connectivity index (χ3v) is 3.20. The van der Waals surface area contributed by atoms with Gasteiger partial charge in [-0.1, -0.05) is 76.1 Å². The van der Waals surface area contributed by atoms with Gasteiger partial charge in [-0.05, 0) is 29.5 Å². The van der Waals surface area contributed by atoms with Crippen molar-refractivity contribution >= 4 is 12.2 Å². The summed E-state index contributed by atoms with van der Waals surface area (Å²) in [6.45, 7) is 10.0. The third-order valence-electron chi connectivity index (χ3n) is 3.20. The van der Waals surface area contributed by atoms with Gasteiger partial charge in [0.15, 0.2) is 0 Å². The highest BCUT2D eigenvalue weighted by Gasteiger charge is 2.02. The van der Waals surface area contributed by atoms with Crippen LogP contribution in [0.3, 0.4) is 0 Å². The van der Waals surface area contributed by atoms with Crippen LogP contribution < -0.4 is 0 Å². The largest absolute Gasteiger partial charge is 0.0984 e. The van der Waals surface area contributed by atoms with Crippen LogP contribution in [0, 0.1) is 0 Å². The van der Waals surface area contributed by atoms with Gasteiger partial charge in [0.05, 0.1) is 0 Å². The molecule has 0 radical (unpaired) electrons. The average molecular weight is 228 g/mol. The van der Waals surface area contributed by atoms with Crippen LogP contribution >= 0.6 is 0 Å². The van der Waals surface area contributed by atoms with Crippen molar-refractivity contribution < 1.29 is 0 Å². The van der Waals surface area contributed by atoms with Crippen LogP contribution in [0.1, 0.15) is 55.7 Å². The van der Waals surface area contributed by atoms with Gasteiger partial charge in [0.2, 0.25) is 0 Å².